The number of benzene rings is 1. The van der Waals surface area contributed by atoms with Gasteiger partial charge in [-0.2, -0.15) is 4.39 Å². The van der Waals surface area contributed by atoms with Crippen LogP contribution in [0.5, 0.6) is 0 Å². The van der Waals surface area contributed by atoms with Crippen LogP contribution in [0.4, 0.5) is 10.2 Å². The van der Waals surface area contributed by atoms with Gasteiger partial charge in [0.1, 0.15) is 5.82 Å². The molecule has 4 heteroatoms. The fraction of sp³-hybridized carbons (Fsp3) is 0. The lowest BCUT2D eigenvalue weighted by Crippen LogP contribution is -2.10. The van der Waals surface area contributed by atoms with Crippen LogP contribution < -0.4 is 5.32 Å². The predicted octanol–water partition coefficient (Wildman–Crippen LogP) is 2.21. The molecule has 18 heavy (non-hydrogen) atoms. The largest absolute Gasteiger partial charge is 0.301 e. The highest BCUT2D eigenvalue weighted by molar-refractivity contribution is 6.03. The van der Waals surface area contributed by atoms with E-state index in [4.69, 9.17) is 0 Å². The van der Waals surface area contributed by atoms with E-state index in [1.54, 1.807) is 12.1 Å². The van der Waals surface area contributed by atoms with Gasteiger partial charge in [-0.1, -0.05) is 30.2 Å². The lowest BCUT2D eigenvalue weighted by molar-refractivity contribution is -0.111. The first kappa shape index (κ1) is 11.8. The summed E-state index contributed by atoms with van der Waals surface area (Å²) < 4.78 is 12.8. The van der Waals surface area contributed by atoms with E-state index in [1.165, 1.54) is 18.2 Å². The Morgan fingerprint density at radius 3 is 2.61 bits per heavy atom. The number of aromatic nitrogens is 1. The second kappa shape index (κ2) is 5.60. The van der Waals surface area contributed by atoms with Gasteiger partial charge in [-0.3, -0.25) is 10.1 Å². The summed E-state index contributed by atoms with van der Waals surface area (Å²) in [6.07, 6.45) is 0. The van der Waals surface area contributed by atoms with E-state index >= 15 is 0 Å². The van der Waals surface area contributed by atoms with Crippen molar-refractivity contribution in [1.29, 1.82) is 0 Å². The Balaban J connectivity index is 2.04. The fourth-order valence-electron chi connectivity index (χ4n) is 1.28. The molecule has 2 rings (SSSR count). The number of hydrogen-bond acceptors (Lipinski definition) is 2. The minimum absolute atomic E-state index is 0.141. The van der Waals surface area contributed by atoms with Crippen molar-refractivity contribution in [1.82, 2.24) is 4.98 Å². The molecule has 1 aromatic heterocycles. The highest BCUT2D eigenvalue weighted by Crippen LogP contribution is 2.02. The first-order chi connectivity index (χ1) is 8.74. The Bertz CT molecular complexity index is 614. The molecule has 3 nitrogen and oxygen atoms in total. The van der Waals surface area contributed by atoms with Crippen molar-refractivity contribution in [2.45, 2.75) is 0 Å². The Kier molecular flexibility index (Phi) is 3.67. The molecular formula is C14H9FN2O. The zero-order valence-electron chi connectivity index (χ0n) is 9.35. The average Bonchev–Trinajstić information content (AvgIpc) is 2.38. The van der Waals surface area contributed by atoms with Crippen LogP contribution in [-0.2, 0) is 4.79 Å². The number of pyridine rings is 1. The van der Waals surface area contributed by atoms with Gasteiger partial charge < -0.3 is 0 Å². The first-order valence-electron chi connectivity index (χ1n) is 5.25. The van der Waals surface area contributed by atoms with E-state index in [2.05, 4.69) is 22.1 Å². The minimum Gasteiger partial charge on any atom is -0.300 e. The molecule has 0 atom stereocenters. The van der Waals surface area contributed by atoms with Crippen LogP contribution in [0.2, 0.25) is 0 Å². The topological polar surface area (TPSA) is 42.0 Å². The molecule has 0 spiro atoms. The zero-order chi connectivity index (χ0) is 12.8. The van der Waals surface area contributed by atoms with Crippen molar-refractivity contribution < 1.29 is 9.18 Å². The molecule has 0 aliphatic carbocycles. The monoisotopic (exact) mass is 240 g/mol. The molecule has 0 unspecified atom stereocenters. The normalized spacial score (nSPS) is 9.17. The molecule has 1 amide bonds. The maximum absolute atomic E-state index is 12.8. The SMILES string of the molecule is O=C(C#Cc1ccccc1)Nc1cccc(F)n1. The van der Waals surface area contributed by atoms with Gasteiger partial charge in [0.15, 0.2) is 0 Å². The summed E-state index contributed by atoms with van der Waals surface area (Å²) in [5.41, 5.74) is 0.736. The lowest BCUT2D eigenvalue weighted by Gasteiger charge is -1.98. The Hall–Kier alpha value is -2.67. The van der Waals surface area contributed by atoms with Gasteiger partial charge in [-0.05, 0) is 24.3 Å². The Morgan fingerprint density at radius 2 is 1.89 bits per heavy atom. The van der Waals surface area contributed by atoms with Gasteiger partial charge in [0.25, 0.3) is 0 Å². The number of hydrogen-bond donors (Lipinski definition) is 1. The van der Waals surface area contributed by atoms with Gasteiger partial charge in [-0.15, -0.1) is 0 Å². The van der Waals surface area contributed by atoms with Crippen LogP contribution in [0.25, 0.3) is 0 Å². The van der Waals surface area contributed by atoms with E-state index in [-0.39, 0.29) is 5.82 Å². The summed E-state index contributed by atoms with van der Waals surface area (Å²) in [5, 5.41) is 2.39. The van der Waals surface area contributed by atoms with Gasteiger partial charge in [0.2, 0.25) is 5.95 Å². The van der Waals surface area contributed by atoms with Crippen LogP contribution >= 0.6 is 0 Å². The van der Waals surface area contributed by atoms with E-state index < -0.39 is 11.9 Å². The second-order valence-corrected chi connectivity index (χ2v) is 3.42. The molecule has 1 N–H and O–H groups in total. The van der Waals surface area contributed by atoms with Crippen molar-refractivity contribution in [2.75, 3.05) is 5.32 Å². The second-order valence-electron chi connectivity index (χ2n) is 3.42. The molecule has 2 aromatic rings. The number of rotatable bonds is 1. The number of carbonyl (C=O) groups is 1. The highest BCUT2D eigenvalue weighted by atomic mass is 19.1. The van der Waals surface area contributed by atoms with Crippen LogP contribution in [0, 0.1) is 17.8 Å². The summed E-state index contributed by atoms with van der Waals surface area (Å²) in [7, 11) is 0. The van der Waals surface area contributed by atoms with E-state index in [1.807, 2.05) is 18.2 Å². The van der Waals surface area contributed by atoms with Crippen molar-refractivity contribution in [2.24, 2.45) is 0 Å². The van der Waals surface area contributed by atoms with E-state index in [0.29, 0.717) is 0 Å². The summed E-state index contributed by atoms with van der Waals surface area (Å²) in [6, 6.07) is 13.3. The third-order valence-electron chi connectivity index (χ3n) is 2.05. The summed E-state index contributed by atoms with van der Waals surface area (Å²) in [6.45, 7) is 0. The molecule has 0 aliphatic heterocycles. The maximum Gasteiger partial charge on any atom is 0.301 e. The number of nitrogens with one attached hydrogen (secondary N) is 1. The highest BCUT2D eigenvalue weighted by Gasteiger charge is 2.00. The first-order valence-corrected chi connectivity index (χ1v) is 5.25. The van der Waals surface area contributed by atoms with Crippen LogP contribution in [0.3, 0.4) is 0 Å². The van der Waals surface area contributed by atoms with Crippen LogP contribution in [-0.4, -0.2) is 10.9 Å². The maximum atomic E-state index is 12.8. The van der Waals surface area contributed by atoms with Gasteiger partial charge in [0, 0.05) is 11.5 Å². The molecule has 1 aromatic carbocycles. The van der Waals surface area contributed by atoms with Crippen LogP contribution in [0.15, 0.2) is 48.5 Å². The minimum atomic E-state index is -0.649. The number of halogens is 1. The van der Waals surface area contributed by atoms with E-state index in [0.717, 1.165) is 5.56 Å². The van der Waals surface area contributed by atoms with Crippen molar-refractivity contribution >= 4 is 11.7 Å². The van der Waals surface area contributed by atoms with Gasteiger partial charge in [0.05, 0.1) is 0 Å². The van der Waals surface area contributed by atoms with Crippen molar-refractivity contribution in [3.05, 3.63) is 60.0 Å². The molecule has 0 fully saturated rings. The number of amides is 1. The summed E-state index contributed by atoms with van der Waals surface area (Å²) in [4.78, 5) is 15.0. The fourth-order valence-corrected chi connectivity index (χ4v) is 1.28. The number of carbonyl (C=O) groups excluding carboxylic acids is 1. The number of nitrogens with zero attached hydrogens (tertiary/aromatic N) is 1. The van der Waals surface area contributed by atoms with Crippen molar-refractivity contribution in [3.63, 3.8) is 0 Å². The Morgan fingerprint density at radius 1 is 1.11 bits per heavy atom. The molecule has 0 bridgehead atoms. The standard InChI is InChI=1S/C14H9FN2O/c15-12-7-4-8-13(16-12)17-14(18)10-9-11-5-2-1-3-6-11/h1-8H,(H,16,17,18). The lowest BCUT2D eigenvalue weighted by atomic mass is 10.2. The van der Waals surface area contributed by atoms with E-state index in [9.17, 15) is 9.18 Å². The molecule has 1 heterocycles. The third kappa shape index (κ3) is 3.42. The molecule has 0 saturated carbocycles. The Labute approximate surface area is 104 Å². The molecule has 88 valence electrons. The number of anilines is 1. The van der Waals surface area contributed by atoms with Crippen LogP contribution in [0.1, 0.15) is 5.56 Å². The predicted molar refractivity (Wildman–Crippen MR) is 66.1 cm³/mol. The van der Waals surface area contributed by atoms with Crippen molar-refractivity contribution in [3.8, 4) is 11.8 Å². The van der Waals surface area contributed by atoms with Gasteiger partial charge >= 0.3 is 5.91 Å². The molecule has 0 radical (unpaired) electrons. The smallest absolute Gasteiger partial charge is 0.300 e. The third-order valence-corrected chi connectivity index (χ3v) is 2.05. The molecule has 0 saturated heterocycles. The quantitative estimate of drug-likeness (QED) is 0.613. The molecular weight excluding hydrogens is 231 g/mol. The molecule has 0 aliphatic rings. The summed E-state index contributed by atoms with van der Waals surface area (Å²) in [5.74, 6) is 4.06. The van der Waals surface area contributed by atoms with Gasteiger partial charge in [-0.25, -0.2) is 4.98 Å². The average molecular weight is 240 g/mol. The summed E-state index contributed by atoms with van der Waals surface area (Å²) >= 11 is 0. The zero-order valence-corrected chi connectivity index (χ0v) is 9.35.